The van der Waals surface area contributed by atoms with Crippen molar-refractivity contribution in [3.8, 4) is 0 Å². The molecule has 0 spiro atoms. The predicted octanol–water partition coefficient (Wildman–Crippen LogP) is 3.57. The summed E-state index contributed by atoms with van der Waals surface area (Å²) < 4.78 is 0. The lowest BCUT2D eigenvalue weighted by molar-refractivity contribution is 0.0367. The lowest BCUT2D eigenvalue weighted by Crippen LogP contribution is -2.41. The molecule has 1 unspecified atom stereocenters. The third-order valence-corrected chi connectivity index (χ3v) is 3.85. The first-order valence-electron chi connectivity index (χ1n) is 6.14. The summed E-state index contributed by atoms with van der Waals surface area (Å²) in [6.45, 7) is 5.75. The molecule has 1 aromatic heterocycles. The Morgan fingerprint density at radius 3 is 2.55 bits per heavy atom. The second-order valence-electron chi connectivity index (χ2n) is 5.36. The number of amides is 1. The minimum absolute atomic E-state index is 0.000157. The van der Waals surface area contributed by atoms with Crippen LogP contribution in [0.15, 0.2) is 6.20 Å². The number of halogens is 3. The molecular weight excluding hydrogens is 323 g/mol. The number of aromatic nitrogens is 1. The average molecular weight is 340 g/mol. The lowest BCUT2D eigenvalue weighted by atomic mass is 9.94. The summed E-state index contributed by atoms with van der Waals surface area (Å²) in [5.41, 5.74) is -1.01. The standard InChI is InChI=1S/C13H17Cl3N2O2/c1-7(2)4-13(3,20)6-18-12(19)11-10(16)9(15)8(14)5-17-11/h5,7,20H,4,6H2,1-3H3,(H,18,19). The summed E-state index contributed by atoms with van der Waals surface area (Å²) in [6.07, 6.45) is 1.83. The van der Waals surface area contributed by atoms with Gasteiger partial charge in [-0.05, 0) is 19.3 Å². The normalized spacial score (nSPS) is 14.2. The summed E-state index contributed by atoms with van der Waals surface area (Å²) >= 11 is 17.5. The molecule has 0 bridgehead atoms. The molecule has 0 aliphatic heterocycles. The van der Waals surface area contributed by atoms with Crippen molar-refractivity contribution in [1.82, 2.24) is 10.3 Å². The molecule has 112 valence electrons. The van der Waals surface area contributed by atoms with Gasteiger partial charge in [-0.15, -0.1) is 0 Å². The molecule has 1 heterocycles. The van der Waals surface area contributed by atoms with E-state index in [9.17, 15) is 9.90 Å². The molecule has 0 saturated carbocycles. The average Bonchev–Trinajstić information content (AvgIpc) is 2.32. The van der Waals surface area contributed by atoms with Gasteiger partial charge < -0.3 is 10.4 Å². The van der Waals surface area contributed by atoms with Crippen LogP contribution < -0.4 is 5.32 Å². The quantitative estimate of drug-likeness (QED) is 0.862. The van der Waals surface area contributed by atoms with Gasteiger partial charge in [-0.1, -0.05) is 48.7 Å². The van der Waals surface area contributed by atoms with E-state index in [1.54, 1.807) is 6.92 Å². The van der Waals surface area contributed by atoms with E-state index in [4.69, 9.17) is 34.8 Å². The number of aliphatic hydroxyl groups is 1. The first kappa shape index (κ1) is 17.5. The number of nitrogens with zero attached hydrogens (tertiary/aromatic N) is 1. The van der Waals surface area contributed by atoms with Crippen LogP contribution in [0.4, 0.5) is 0 Å². The molecule has 2 N–H and O–H groups in total. The molecular formula is C13H17Cl3N2O2. The number of hydrogen-bond donors (Lipinski definition) is 2. The summed E-state index contributed by atoms with van der Waals surface area (Å²) in [4.78, 5) is 15.8. The van der Waals surface area contributed by atoms with Crippen LogP contribution in [0.5, 0.6) is 0 Å². The summed E-state index contributed by atoms with van der Waals surface area (Å²) in [6, 6.07) is 0. The highest BCUT2D eigenvalue weighted by Gasteiger charge is 2.24. The fourth-order valence-corrected chi connectivity index (χ4v) is 2.47. The van der Waals surface area contributed by atoms with Crippen molar-refractivity contribution in [2.24, 2.45) is 5.92 Å². The van der Waals surface area contributed by atoms with E-state index >= 15 is 0 Å². The third kappa shape index (κ3) is 4.77. The molecule has 0 aliphatic carbocycles. The van der Waals surface area contributed by atoms with Crippen molar-refractivity contribution in [2.75, 3.05) is 6.54 Å². The highest BCUT2D eigenvalue weighted by Crippen LogP contribution is 2.31. The molecule has 0 fully saturated rings. The molecule has 0 radical (unpaired) electrons. The summed E-state index contributed by atoms with van der Waals surface area (Å²) in [5.74, 6) is -0.189. The summed E-state index contributed by atoms with van der Waals surface area (Å²) in [5, 5.41) is 13.0. The van der Waals surface area contributed by atoms with Gasteiger partial charge >= 0.3 is 0 Å². The van der Waals surface area contributed by atoms with E-state index in [1.165, 1.54) is 6.20 Å². The SMILES string of the molecule is CC(C)CC(C)(O)CNC(=O)c1ncc(Cl)c(Cl)c1Cl. The molecule has 20 heavy (non-hydrogen) atoms. The molecule has 4 nitrogen and oxygen atoms in total. The second-order valence-corrected chi connectivity index (χ2v) is 6.52. The Labute approximate surface area is 133 Å². The van der Waals surface area contributed by atoms with E-state index in [0.29, 0.717) is 12.3 Å². The van der Waals surface area contributed by atoms with E-state index in [1.807, 2.05) is 13.8 Å². The predicted molar refractivity (Wildman–Crippen MR) is 81.7 cm³/mol. The number of carbonyl (C=O) groups is 1. The number of pyridine rings is 1. The van der Waals surface area contributed by atoms with Crippen LogP contribution in [-0.4, -0.2) is 28.1 Å². The fraction of sp³-hybridized carbons (Fsp3) is 0.538. The van der Waals surface area contributed by atoms with Crippen LogP contribution in [0, 0.1) is 5.92 Å². The Kier molecular flexibility index (Phi) is 6.07. The maximum atomic E-state index is 12.0. The minimum atomic E-state index is -0.994. The van der Waals surface area contributed by atoms with Crippen LogP contribution >= 0.6 is 34.8 Å². The third-order valence-electron chi connectivity index (χ3n) is 2.61. The van der Waals surface area contributed by atoms with Crippen molar-refractivity contribution in [3.63, 3.8) is 0 Å². The molecule has 1 atom stereocenters. The topological polar surface area (TPSA) is 62.2 Å². The van der Waals surface area contributed by atoms with Gasteiger partial charge in [0.15, 0.2) is 0 Å². The van der Waals surface area contributed by atoms with Crippen molar-refractivity contribution >= 4 is 40.7 Å². The monoisotopic (exact) mass is 338 g/mol. The molecule has 0 saturated heterocycles. The first-order valence-corrected chi connectivity index (χ1v) is 7.27. The molecule has 1 rings (SSSR count). The highest BCUT2D eigenvalue weighted by atomic mass is 35.5. The zero-order valence-corrected chi connectivity index (χ0v) is 13.8. The molecule has 0 aliphatic rings. The number of carbonyl (C=O) groups excluding carboxylic acids is 1. The molecule has 1 aromatic rings. The van der Waals surface area contributed by atoms with E-state index in [2.05, 4.69) is 10.3 Å². The van der Waals surface area contributed by atoms with Crippen molar-refractivity contribution in [3.05, 3.63) is 27.0 Å². The van der Waals surface area contributed by atoms with E-state index in [-0.39, 0.29) is 27.3 Å². The Bertz CT molecular complexity index is 505. The zero-order chi connectivity index (χ0) is 15.5. The van der Waals surface area contributed by atoms with E-state index in [0.717, 1.165) is 0 Å². The van der Waals surface area contributed by atoms with Gasteiger partial charge in [0, 0.05) is 12.7 Å². The minimum Gasteiger partial charge on any atom is -0.388 e. The first-order chi connectivity index (χ1) is 9.14. The van der Waals surface area contributed by atoms with E-state index < -0.39 is 11.5 Å². The Morgan fingerprint density at radius 1 is 1.40 bits per heavy atom. The maximum Gasteiger partial charge on any atom is 0.271 e. The Balaban J connectivity index is 2.76. The van der Waals surface area contributed by atoms with Gasteiger partial charge in [0.1, 0.15) is 5.69 Å². The van der Waals surface area contributed by atoms with Crippen LogP contribution in [0.1, 0.15) is 37.7 Å². The molecule has 7 heteroatoms. The Morgan fingerprint density at radius 2 is 2.00 bits per heavy atom. The van der Waals surface area contributed by atoms with Gasteiger partial charge in [0.25, 0.3) is 5.91 Å². The maximum absolute atomic E-state index is 12.0. The fourth-order valence-electron chi connectivity index (χ4n) is 1.91. The van der Waals surface area contributed by atoms with Crippen LogP contribution in [0.2, 0.25) is 15.1 Å². The molecule has 0 aromatic carbocycles. The van der Waals surface area contributed by atoms with Gasteiger partial charge in [-0.25, -0.2) is 4.98 Å². The lowest BCUT2D eigenvalue weighted by Gasteiger charge is -2.25. The van der Waals surface area contributed by atoms with Crippen molar-refractivity contribution < 1.29 is 9.90 Å². The number of hydrogen-bond acceptors (Lipinski definition) is 3. The second kappa shape index (κ2) is 6.94. The van der Waals surface area contributed by atoms with Crippen molar-refractivity contribution in [1.29, 1.82) is 0 Å². The highest BCUT2D eigenvalue weighted by molar-refractivity contribution is 6.48. The number of nitrogens with one attached hydrogen (secondary N) is 1. The van der Waals surface area contributed by atoms with Crippen LogP contribution in [0.25, 0.3) is 0 Å². The summed E-state index contributed by atoms with van der Waals surface area (Å²) in [7, 11) is 0. The van der Waals surface area contributed by atoms with Gasteiger partial charge in [-0.2, -0.15) is 0 Å². The van der Waals surface area contributed by atoms with Crippen LogP contribution in [-0.2, 0) is 0 Å². The zero-order valence-electron chi connectivity index (χ0n) is 11.5. The van der Waals surface area contributed by atoms with Crippen LogP contribution in [0.3, 0.4) is 0 Å². The largest absolute Gasteiger partial charge is 0.388 e. The van der Waals surface area contributed by atoms with Gasteiger partial charge in [0.05, 0.1) is 20.7 Å². The number of rotatable bonds is 5. The van der Waals surface area contributed by atoms with Gasteiger partial charge in [-0.3, -0.25) is 4.79 Å². The van der Waals surface area contributed by atoms with Gasteiger partial charge in [0.2, 0.25) is 0 Å². The molecule has 1 amide bonds. The smallest absolute Gasteiger partial charge is 0.271 e. The van der Waals surface area contributed by atoms with Crippen molar-refractivity contribution in [2.45, 2.75) is 32.8 Å². The Hall–Kier alpha value is -0.550.